The van der Waals surface area contributed by atoms with Crippen molar-refractivity contribution in [3.8, 4) is 5.75 Å². The summed E-state index contributed by atoms with van der Waals surface area (Å²) in [6, 6.07) is 10.8. The maximum atomic E-state index is 14.2. The summed E-state index contributed by atoms with van der Waals surface area (Å²) in [6.07, 6.45) is 4.40. The number of halogens is 1. The van der Waals surface area contributed by atoms with Gasteiger partial charge in [0.05, 0.1) is 36.8 Å². The minimum absolute atomic E-state index is 0.187. The largest absolute Gasteiger partial charge is 0.494 e. The predicted octanol–water partition coefficient (Wildman–Crippen LogP) is 4.82. The number of anilines is 5. The van der Waals surface area contributed by atoms with Gasteiger partial charge in [-0.2, -0.15) is 0 Å². The zero-order valence-electron chi connectivity index (χ0n) is 23.9. The highest BCUT2D eigenvalue weighted by Gasteiger charge is 2.30. The minimum Gasteiger partial charge on any atom is -0.494 e. The van der Waals surface area contributed by atoms with Gasteiger partial charge in [-0.1, -0.05) is 12.6 Å². The standard InChI is InChI=1S/C30H36FN7O3/c1-6-30(39)35-23-14-24(27(40-5)15-26(23)37-9-7-22(17-37)36(3)4)34-28-16-29(33-18-32-28)38-25(8-10-41-38)20-11-19(2)12-21(31)13-20/h6,11-16,18,22,25H,1,7-10,17H2,2-5H3,(H,35,39)(H,32,33,34)/t22-,25-/m1/s1. The Morgan fingerprint density at radius 2 is 2.00 bits per heavy atom. The summed E-state index contributed by atoms with van der Waals surface area (Å²) in [5, 5.41) is 7.96. The van der Waals surface area contributed by atoms with Crippen LogP contribution < -0.4 is 25.3 Å². The molecule has 3 heterocycles. The van der Waals surface area contributed by atoms with Crippen molar-refractivity contribution in [2.45, 2.75) is 31.8 Å². The predicted molar refractivity (Wildman–Crippen MR) is 158 cm³/mol. The van der Waals surface area contributed by atoms with Gasteiger partial charge in [-0.3, -0.25) is 9.63 Å². The molecule has 0 bridgehead atoms. The van der Waals surface area contributed by atoms with Crippen LogP contribution in [0.5, 0.6) is 5.75 Å². The van der Waals surface area contributed by atoms with Gasteiger partial charge in [-0.05, 0) is 62.8 Å². The Balaban J connectivity index is 1.44. The van der Waals surface area contributed by atoms with E-state index in [9.17, 15) is 9.18 Å². The molecule has 10 nitrogen and oxygen atoms in total. The number of methoxy groups -OCH3 is 1. The van der Waals surface area contributed by atoms with Crippen molar-refractivity contribution in [3.63, 3.8) is 0 Å². The lowest BCUT2D eigenvalue weighted by Gasteiger charge is -2.26. The Hall–Kier alpha value is -4.22. The van der Waals surface area contributed by atoms with Crippen LogP contribution in [-0.4, -0.2) is 67.7 Å². The van der Waals surface area contributed by atoms with Crippen LogP contribution in [0.25, 0.3) is 0 Å². The monoisotopic (exact) mass is 561 g/mol. The SMILES string of the molecule is C=CC(=O)Nc1cc(Nc2cc(N3OCC[C@@H]3c3cc(C)cc(F)c3)ncn2)c(OC)cc1N1CC[C@@H](N(C)C)C1. The van der Waals surface area contributed by atoms with E-state index in [1.165, 1.54) is 24.5 Å². The number of nitrogens with one attached hydrogen (secondary N) is 2. The van der Waals surface area contributed by atoms with Crippen molar-refractivity contribution in [3.05, 3.63) is 72.3 Å². The number of aryl methyl sites for hydroxylation is 1. The average Bonchev–Trinajstić information content (AvgIpc) is 3.64. The second-order valence-electron chi connectivity index (χ2n) is 10.5. The Morgan fingerprint density at radius 1 is 1.17 bits per heavy atom. The second kappa shape index (κ2) is 12.1. The fourth-order valence-corrected chi connectivity index (χ4v) is 5.39. The van der Waals surface area contributed by atoms with Crippen molar-refractivity contribution < 1.29 is 18.8 Å². The van der Waals surface area contributed by atoms with Gasteiger partial charge in [-0.15, -0.1) is 0 Å². The third-order valence-electron chi connectivity index (χ3n) is 7.49. The van der Waals surface area contributed by atoms with Gasteiger partial charge in [0.2, 0.25) is 5.91 Å². The van der Waals surface area contributed by atoms with Gasteiger partial charge in [0.1, 0.15) is 23.7 Å². The number of nitrogens with zero attached hydrogens (tertiary/aromatic N) is 5. The van der Waals surface area contributed by atoms with E-state index in [0.717, 1.165) is 36.3 Å². The number of carbonyl (C=O) groups excluding carboxylic acids is 1. The molecule has 2 fully saturated rings. The highest BCUT2D eigenvalue weighted by molar-refractivity contribution is 6.02. The molecule has 2 aliphatic heterocycles. The number of ether oxygens (including phenoxy) is 1. The first kappa shape index (κ1) is 28.3. The first-order valence-electron chi connectivity index (χ1n) is 13.6. The van der Waals surface area contributed by atoms with Crippen LogP contribution in [0.3, 0.4) is 0 Å². The zero-order valence-corrected chi connectivity index (χ0v) is 23.9. The summed E-state index contributed by atoms with van der Waals surface area (Å²) in [4.78, 5) is 31.6. The molecule has 0 saturated carbocycles. The molecule has 1 amide bonds. The molecule has 5 rings (SSSR count). The fraction of sp³-hybridized carbons (Fsp3) is 0.367. The normalized spacial score (nSPS) is 18.6. The molecule has 2 aromatic carbocycles. The number of amides is 1. The van der Waals surface area contributed by atoms with Crippen molar-refractivity contribution in [2.75, 3.05) is 61.5 Å². The zero-order chi connectivity index (χ0) is 29.1. The molecule has 3 aromatic rings. The maximum absolute atomic E-state index is 14.2. The summed E-state index contributed by atoms with van der Waals surface area (Å²) in [6.45, 7) is 7.64. The Bertz CT molecular complexity index is 1410. The third-order valence-corrected chi connectivity index (χ3v) is 7.49. The van der Waals surface area contributed by atoms with Gasteiger partial charge in [0, 0.05) is 37.7 Å². The number of carbonyl (C=O) groups is 1. The number of rotatable bonds is 9. The highest BCUT2D eigenvalue weighted by Crippen LogP contribution is 2.41. The lowest BCUT2D eigenvalue weighted by atomic mass is 10.0. The van der Waals surface area contributed by atoms with Crippen molar-refractivity contribution in [1.29, 1.82) is 0 Å². The molecule has 41 heavy (non-hydrogen) atoms. The van der Waals surface area contributed by atoms with E-state index >= 15 is 0 Å². The van der Waals surface area contributed by atoms with Crippen LogP contribution in [0, 0.1) is 12.7 Å². The Kier molecular flexibility index (Phi) is 8.36. The molecule has 1 aromatic heterocycles. The smallest absolute Gasteiger partial charge is 0.247 e. The van der Waals surface area contributed by atoms with E-state index in [4.69, 9.17) is 9.57 Å². The summed E-state index contributed by atoms with van der Waals surface area (Å²) in [5.41, 5.74) is 3.79. The van der Waals surface area contributed by atoms with Crippen LogP contribution >= 0.6 is 0 Å². The van der Waals surface area contributed by atoms with Crippen LogP contribution in [-0.2, 0) is 9.63 Å². The molecule has 2 aliphatic rings. The highest BCUT2D eigenvalue weighted by atomic mass is 19.1. The number of hydrogen-bond donors (Lipinski definition) is 2. The number of aromatic nitrogens is 2. The first-order valence-corrected chi connectivity index (χ1v) is 13.6. The number of likely N-dealkylation sites (N-methyl/N-ethyl adjacent to an activating group) is 1. The maximum Gasteiger partial charge on any atom is 0.247 e. The van der Waals surface area contributed by atoms with Gasteiger partial charge >= 0.3 is 0 Å². The van der Waals surface area contributed by atoms with E-state index in [1.807, 2.05) is 25.1 Å². The van der Waals surface area contributed by atoms with Crippen molar-refractivity contribution >= 4 is 34.6 Å². The molecule has 2 saturated heterocycles. The summed E-state index contributed by atoms with van der Waals surface area (Å²) in [7, 11) is 5.76. The van der Waals surface area contributed by atoms with Crippen LogP contribution in [0.4, 0.5) is 33.1 Å². The van der Waals surface area contributed by atoms with Crippen molar-refractivity contribution in [2.24, 2.45) is 0 Å². The Labute approximate surface area is 239 Å². The van der Waals surface area contributed by atoms with Gasteiger partial charge in [0.15, 0.2) is 5.82 Å². The van der Waals surface area contributed by atoms with Crippen LogP contribution in [0.15, 0.2) is 55.4 Å². The first-order chi connectivity index (χ1) is 19.7. The summed E-state index contributed by atoms with van der Waals surface area (Å²) >= 11 is 0. The minimum atomic E-state index is -0.306. The second-order valence-corrected chi connectivity index (χ2v) is 10.5. The summed E-state index contributed by atoms with van der Waals surface area (Å²) in [5.74, 6) is 1.04. The molecule has 11 heteroatoms. The molecular weight excluding hydrogens is 525 g/mol. The van der Waals surface area contributed by atoms with E-state index in [1.54, 1.807) is 18.2 Å². The quantitative estimate of drug-likeness (QED) is 0.357. The molecule has 2 atom stereocenters. The van der Waals surface area contributed by atoms with E-state index in [0.29, 0.717) is 47.8 Å². The van der Waals surface area contributed by atoms with E-state index < -0.39 is 0 Å². The molecule has 0 spiro atoms. The van der Waals surface area contributed by atoms with Gasteiger partial charge in [0.25, 0.3) is 0 Å². The molecule has 0 aliphatic carbocycles. The molecular formula is C30H36FN7O3. The van der Waals surface area contributed by atoms with Crippen LogP contribution in [0.1, 0.15) is 30.0 Å². The molecule has 0 radical (unpaired) electrons. The average molecular weight is 562 g/mol. The van der Waals surface area contributed by atoms with Crippen molar-refractivity contribution in [1.82, 2.24) is 14.9 Å². The molecule has 0 unspecified atom stereocenters. The van der Waals surface area contributed by atoms with E-state index in [-0.39, 0.29) is 17.8 Å². The van der Waals surface area contributed by atoms with Crippen LogP contribution in [0.2, 0.25) is 0 Å². The van der Waals surface area contributed by atoms with Gasteiger partial charge in [-0.25, -0.2) is 19.4 Å². The Morgan fingerprint density at radius 3 is 2.71 bits per heavy atom. The van der Waals surface area contributed by atoms with E-state index in [2.05, 4.69) is 51.1 Å². The topological polar surface area (TPSA) is 95.1 Å². The third kappa shape index (κ3) is 6.26. The molecule has 216 valence electrons. The van der Waals surface area contributed by atoms with Gasteiger partial charge < -0.3 is 25.2 Å². The number of hydrogen-bond acceptors (Lipinski definition) is 9. The lowest BCUT2D eigenvalue weighted by molar-refractivity contribution is -0.111. The molecule has 2 N–H and O–H groups in total. The summed E-state index contributed by atoms with van der Waals surface area (Å²) < 4.78 is 19.9. The lowest BCUT2D eigenvalue weighted by Crippen LogP contribution is -2.31. The number of hydroxylamine groups is 1. The fourth-order valence-electron chi connectivity index (χ4n) is 5.39. The number of benzene rings is 2.